The number of hydrogen-bond donors (Lipinski definition) is 2. The fourth-order valence-corrected chi connectivity index (χ4v) is 7.69. The van der Waals surface area contributed by atoms with Crippen molar-refractivity contribution in [1.29, 1.82) is 0 Å². The van der Waals surface area contributed by atoms with E-state index in [1.807, 2.05) is 61.5 Å². The van der Waals surface area contributed by atoms with E-state index in [-0.39, 0.29) is 24.8 Å². The summed E-state index contributed by atoms with van der Waals surface area (Å²) in [6, 6.07) is 15.7. The molecule has 10 heteroatoms. The Morgan fingerprint density at radius 1 is 1.06 bits per heavy atom. The maximum atomic E-state index is 14.2. The number of allylic oxidation sites excluding steroid dienone is 2. The zero-order chi connectivity index (χ0) is 33.3. The van der Waals surface area contributed by atoms with Crippen LogP contribution < -0.4 is 14.8 Å². The summed E-state index contributed by atoms with van der Waals surface area (Å²) in [4.78, 5) is 46.3. The highest BCUT2D eigenvalue weighted by atomic mass is 16.6. The minimum atomic E-state index is -1.11. The molecule has 10 nitrogen and oxygen atoms in total. The quantitative estimate of drug-likeness (QED) is 0.312. The summed E-state index contributed by atoms with van der Waals surface area (Å²) in [5.41, 5.74) is 1.91. The molecular formula is C38H43N3O7. The van der Waals surface area contributed by atoms with Crippen molar-refractivity contribution < 1.29 is 33.7 Å². The largest absolute Gasteiger partial charge is 0.488 e. The average molecular weight is 654 g/mol. The average Bonchev–Trinajstić information content (AvgIpc) is 3.44. The number of fused-ring (bicyclic) bond motifs is 5. The predicted octanol–water partition coefficient (Wildman–Crippen LogP) is 6.20. The first-order chi connectivity index (χ1) is 23.3. The number of amides is 2. The van der Waals surface area contributed by atoms with Crippen molar-refractivity contribution in [3.05, 3.63) is 77.9 Å². The summed E-state index contributed by atoms with van der Waals surface area (Å²) < 4.78 is 19.0. The lowest BCUT2D eigenvalue weighted by molar-refractivity contribution is -0.149. The van der Waals surface area contributed by atoms with Gasteiger partial charge in [-0.2, -0.15) is 0 Å². The fraction of sp³-hybridized carbons (Fsp3) is 0.474. The Labute approximate surface area is 280 Å². The minimum absolute atomic E-state index is 0.0551. The number of nitrogens with zero attached hydrogens (tertiary/aromatic N) is 2. The number of carboxylic acids is 1. The van der Waals surface area contributed by atoms with Crippen LogP contribution in [0.4, 0.5) is 4.79 Å². The Morgan fingerprint density at radius 3 is 2.62 bits per heavy atom. The number of pyridine rings is 1. The molecule has 4 aliphatic rings. The van der Waals surface area contributed by atoms with Crippen LogP contribution in [-0.4, -0.2) is 63.3 Å². The predicted molar refractivity (Wildman–Crippen MR) is 179 cm³/mol. The van der Waals surface area contributed by atoms with Crippen LogP contribution in [0.15, 0.2) is 66.7 Å². The SMILES string of the molecule is C[C@]12C[C@@H]1CC/C=C/Cc1c(nc3ccccc3c1OCc1ccccc1)O[C@@H]1C[C@@H](C(=O)O)N(C1)C(=O)[C@H](C1CCCC1)NC(=O)O2. The Balaban J connectivity index is 1.26. The topological polar surface area (TPSA) is 127 Å². The molecule has 2 saturated carbocycles. The second-order valence-corrected chi connectivity index (χ2v) is 13.9. The number of benzene rings is 2. The molecule has 1 aromatic heterocycles. The van der Waals surface area contributed by atoms with Gasteiger partial charge in [0, 0.05) is 17.7 Å². The molecule has 3 heterocycles. The van der Waals surface area contributed by atoms with Gasteiger partial charge in [0.05, 0.1) is 17.6 Å². The molecular weight excluding hydrogens is 610 g/mol. The van der Waals surface area contributed by atoms with E-state index in [4.69, 9.17) is 19.2 Å². The van der Waals surface area contributed by atoms with Crippen LogP contribution in [-0.2, 0) is 27.4 Å². The number of para-hydroxylation sites is 1. The van der Waals surface area contributed by atoms with E-state index in [0.29, 0.717) is 30.2 Å². The molecule has 2 N–H and O–H groups in total. The number of ether oxygens (including phenoxy) is 3. The zero-order valence-corrected chi connectivity index (χ0v) is 27.3. The normalized spacial score (nSPS) is 28.6. The molecule has 5 atom stereocenters. The van der Waals surface area contributed by atoms with Gasteiger partial charge >= 0.3 is 12.1 Å². The number of nitrogens with one attached hydrogen (secondary N) is 1. The molecule has 2 amide bonds. The molecule has 1 saturated heterocycles. The Bertz CT molecular complexity index is 1710. The molecule has 0 radical (unpaired) electrons. The molecule has 2 aromatic carbocycles. The first-order valence-corrected chi connectivity index (χ1v) is 17.2. The van der Waals surface area contributed by atoms with Crippen molar-refractivity contribution in [3.63, 3.8) is 0 Å². The van der Waals surface area contributed by atoms with Gasteiger partial charge in [0.1, 0.15) is 36.1 Å². The number of aliphatic carboxylic acids is 1. The summed E-state index contributed by atoms with van der Waals surface area (Å²) in [6.45, 7) is 2.35. The molecule has 0 spiro atoms. The van der Waals surface area contributed by atoms with E-state index < -0.39 is 41.8 Å². The van der Waals surface area contributed by atoms with E-state index in [2.05, 4.69) is 17.5 Å². The van der Waals surface area contributed by atoms with Gasteiger partial charge in [-0.3, -0.25) is 4.79 Å². The second kappa shape index (κ2) is 13.5. The maximum absolute atomic E-state index is 14.2. The van der Waals surface area contributed by atoms with Crippen LogP contribution in [0.2, 0.25) is 0 Å². The van der Waals surface area contributed by atoms with Gasteiger partial charge in [0.25, 0.3) is 0 Å². The van der Waals surface area contributed by atoms with Gasteiger partial charge in [-0.05, 0) is 69.1 Å². The van der Waals surface area contributed by atoms with Crippen LogP contribution in [0.1, 0.15) is 69.4 Å². The summed E-state index contributed by atoms with van der Waals surface area (Å²) in [5, 5.41) is 14.0. The molecule has 252 valence electrons. The molecule has 3 aromatic rings. The summed E-state index contributed by atoms with van der Waals surface area (Å²) in [6.07, 6.45) is 9.45. The second-order valence-electron chi connectivity index (χ2n) is 13.9. The van der Waals surface area contributed by atoms with Crippen molar-refractivity contribution in [2.24, 2.45) is 11.8 Å². The van der Waals surface area contributed by atoms with Crippen molar-refractivity contribution in [3.8, 4) is 11.6 Å². The third kappa shape index (κ3) is 6.70. The summed E-state index contributed by atoms with van der Waals surface area (Å²) >= 11 is 0. The van der Waals surface area contributed by atoms with E-state index in [0.717, 1.165) is 61.5 Å². The van der Waals surface area contributed by atoms with Gasteiger partial charge in [0.15, 0.2) is 0 Å². The Kier molecular flexibility index (Phi) is 8.98. The van der Waals surface area contributed by atoms with Crippen LogP contribution >= 0.6 is 0 Å². The van der Waals surface area contributed by atoms with Gasteiger partial charge in [0.2, 0.25) is 11.8 Å². The van der Waals surface area contributed by atoms with Crippen molar-refractivity contribution in [2.45, 2.75) is 95.1 Å². The first-order valence-electron chi connectivity index (χ1n) is 17.2. The standard InChI is InChI=1S/C38H43N3O7/c1-38-21-26(38)16-6-3-7-18-29-33(46-23-24-12-4-2-5-13-24)28-17-10-11-19-30(28)39-34(29)47-27-20-31(36(43)44)41(22-27)35(42)32(40-37(45)48-38)25-14-8-9-15-25/h2-5,7,10-13,17,19,25-27,31-32H,6,8-9,14-16,18,20-23H2,1H3,(H,40,45)(H,43,44)/b7-3+/t26-,27+,31-,32-,38-/m0/s1. The fourth-order valence-electron chi connectivity index (χ4n) is 7.69. The Hall–Kier alpha value is -4.60. The molecule has 48 heavy (non-hydrogen) atoms. The van der Waals surface area contributed by atoms with Gasteiger partial charge < -0.3 is 29.5 Å². The summed E-state index contributed by atoms with van der Waals surface area (Å²) in [7, 11) is 0. The lowest BCUT2D eigenvalue weighted by atomic mass is 9.96. The van der Waals surface area contributed by atoms with Crippen molar-refractivity contribution in [2.75, 3.05) is 6.54 Å². The number of alkyl carbamates (subject to hydrolysis) is 1. The highest BCUT2D eigenvalue weighted by Crippen LogP contribution is 2.49. The molecule has 7 rings (SSSR count). The third-order valence-corrected chi connectivity index (χ3v) is 10.5. The van der Waals surface area contributed by atoms with Crippen LogP contribution in [0, 0.1) is 11.8 Å². The first kappa shape index (κ1) is 32.0. The number of carbonyl (C=O) groups is 3. The number of carbonyl (C=O) groups excluding carboxylic acids is 2. The highest BCUT2D eigenvalue weighted by molar-refractivity contribution is 5.90. The smallest absolute Gasteiger partial charge is 0.408 e. The van der Waals surface area contributed by atoms with Gasteiger partial charge in [-0.15, -0.1) is 0 Å². The number of carboxylic acid groups (broad SMARTS) is 1. The molecule has 2 aliphatic carbocycles. The number of aromatic nitrogens is 1. The van der Waals surface area contributed by atoms with E-state index in [1.165, 1.54) is 4.90 Å². The van der Waals surface area contributed by atoms with Gasteiger partial charge in [-0.1, -0.05) is 67.5 Å². The molecule has 0 unspecified atom stereocenters. The zero-order valence-electron chi connectivity index (χ0n) is 27.3. The summed E-state index contributed by atoms with van der Waals surface area (Å²) in [5.74, 6) is -0.341. The Morgan fingerprint density at radius 2 is 1.83 bits per heavy atom. The van der Waals surface area contributed by atoms with E-state index in [9.17, 15) is 19.5 Å². The lowest BCUT2D eigenvalue weighted by Gasteiger charge is -2.30. The molecule has 2 aliphatic heterocycles. The number of rotatable bonds is 5. The van der Waals surface area contributed by atoms with Crippen molar-refractivity contribution >= 4 is 28.9 Å². The molecule has 2 bridgehead atoms. The van der Waals surface area contributed by atoms with Crippen molar-refractivity contribution in [1.82, 2.24) is 15.2 Å². The van der Waals surface area contributed by atoms with E-state index in [1.54, 1.807) is 0 Å². The van der Waals surface area contributed by atoms with Gasteiger partial charge in [-0.25, -0.2) is 14.6 Å². The van der Waals surface area contributed by atoms with Crippen LogP contribution in [0.3, 0.4) is 0 Å². The van der Waals surface area contributed by atoms with E-state index >= 15 is 0 Å². The lowest BCUT2D eigenvalue weighted by Crippen LogP contribution is -2.55. The highest BCUT2D eigenvalue weighted by Gasteiger charge is 2.54. The third-order valence-electron chi connectivity index (χ3n) is 10.5. The van der Waals surface area contributed by atoms with Crippen LogP contribution in [0.5, 0.6) is 11.6 Å². The van der Waals surface area contributed by atoms with Crippen LogP contribution in [0.25, 0.3) is 10.9 Å². The number of hydrogen-bond acceptors (Lipinski definition) is 7. The monoisotopic (exact) mass is 653 g/mol. The molecule has 3 fully saturated rings. The maximum Gasteiger partial charge on any atom is 0.408 e. The minimum Gasteiger partial charge on any atom is -0.488 e.